The molecule has 0 saturated heterocycles. The Balaban J connectivity index is 4.57. The van der Waals surface area contributed by atoms with Crippen LogP contribution >= 0.6 is 12.2 Å². The SMILES string of the molecule is CCC(C)(C(=O)N(C)CCC(C)O)C(N)=S. The van der Waals surface area contributed by atoms with E-state index in [0.29, 0.717) is 19.4 Å². The standard InChI is InChI=1S/C11H22N2O2S/c1-5-11(3,9(12)16)10(15)13(4)7-6-8(2)14/h8,14H,5-7H2,1-4H3,(H2,12,16). The third-order valence-corrected chi connectivity index (χ3v) is 3.40. The highest BCUT2D eigenvalue weighted by Crippen LogP contribution is 2.24. The van der Waals surface area contributed by atoms with E-state index < -0.39 is 11.5 Å². The molecule has 0 rings (SSSR count). The van der Waals surface area contributed by atoms with Gasteiger partial charge in [0.25, 0.3) is 0 Å². The van der Waals surface area contributed by atoms with Gasteiger partial charge >= 0.3 is 0 Å². The maximum atomic E-state index is 12.1. The van der Waals surface area contributed by atoms with Gasteiger partial charge in [-0.05, 0) is 26.7 Å². The first-order chi connectivity index (χ1) is 7.25. The molecule has 0 aliphatic heterocycles. The number of rotatable bonds is 6. The zero-order chi connectivity index (χ0) is 12.9. The van der Waals surface area contributed by atoms with E-state index in [4.69, 9.17) is 23.1 Å². The molecule has 1 amide bonds. The summed E-state index contributed by atoms with van der Waals surface area (Å²) in [6.45, 7) is 5.86. The van der Waals surface area contributed by atoms with Gasteiger partial charge in [-0.2, -0.15) is 0 Å². The smallest absolute Gasteiger partial charge is 0.235 e. The van der Waals surface area contributed by atoms with Gasteiger partial charge in [-0.25, -0.2) is 0 Å². The first kappa shape index (κ1) is 15.3. The van der Waals surface area contributed by atoms with Gasteiger partial charge in [0.2, 0.25) is 5.91 Å². The van der Waals surface area contributed by atoms with Crippen molar-refractivity contribution in [3.8, 4) is 0 Å². The summed E-state index contributed by atoms with van der Waals surface area (Å²) in [5.41, 5.74) is 4.84. The van der Waals surface area contributed by atoms with Crippen molar-refractivity contribution in [2.75, 3.05) is 13.6 Å². The Labute approximate surface area is 103 Å². The van der Waals surface area contributed by atoms with Crippen LogP contribution in [0.15, 0.2) is 0 Å². The number of hydrogen-bond donors (Lipinski definition) is 2. The van der Waals surface area contributed by atoms with Crippen LogP contribution in [0.2, 0.25) is 0 Å². The molecule has 5 heteroatoms. The quantitative estimate of drug-likeness (QED) is 0.684. The van der Waals surface area contributed by atoms with Crippen molar-refractivity contribution in [3.63, 3.8) is 0 Å². The molecule has 0 saturated carbocycles. The van der Waals surface area contributed by atoms with Crippen molar-refractivity contribution in [2.24, 2.45) is 11.1 Å². The van der Waals surface area contributed by atoms with E-state index in [2.05, 4.69) is 0 Å². The molecule has 0 aromatic carbocycles. The summed E-state index contributed by atoms with van der Waals surface area (Å²) in [4.78, 5) is 13.9. The first-order valence-corrected chi connectivity index (χ1v) is 5.90. The van der Waals surface area contributed by atoms with Crippen LogP contribution in [0.3, 0.4) is 0 Å². The van der Waals surface area contributed by atoms with Crippen LogP contribution < -0.4 is 5.73 Å². The first-order valence-electron chi connectivity index (χ1n) is 5.49. The van der Waals surface area contributed by atoms with E-state index >= 15 is 0 Å². The van der Waals surface area contributed by atoms with Crippen LogP contribution in [-0.4, -0.2) is 40.6 Å². The van der Waals surface area contributed by atoms with Gasteiger partial charge in [0.15, 0.2) is 0 Å². The Kier molecular flexibility index (Phi) is 5.89. The Morgan fingerprint density at radius 1 is 1.62 bits per heavy atom. The molecule has 16 heavy (non-hydrogen) atoms. The molecule has 3 N–H and O–H groups in total. The Morgan fingerprint density at radius 3 is 2.44 bits per heavy atom. The molecule has 0 aromatic heterocycles. The fourth-order valence-electron chi connectivity index (χ4n) is 1.33. The number of thiocarbonyl (C=S) groups is 1. The van der Waals surface area contributed by atoms with Crippen LogP contribution in [-0.2, 0) is 4.79 Å². The number of nitrogens with two attached hydrogens (primary N) is 1. The lowest BCUT2D eigenvalue weighted by Gasteiger charge is -2.31. The molecule has 0 heterocycles. The second-order valence-corrected chi connectivity index (χ2v) is 4.85. The van der Waals surface area contributed by atoms with Gasteiger partial charge in [0.05, 0.1) is 16.5 Å². The van der Waals surface area contributed by atoms with E-state index in [0.717, 1.165) is 0 Å². The second-order valence-electron chi connectivity index (χ2n) is 4.41. The van der Waals surface area contributed by atoms with Gasteiger partial charge in [-0.15, -0.1) is 0 Å². The van der Waals surface area contributed by atoms with E-state index in [1.165, 1.54) is 0 Å². The Hall–Kier alpha value is -0.680. The number of aliphatic hydroxyl groups is 1. The third-order valence-electron chi connectivity index (χ3n) is 2.95. The van der Waals surface area contributed by atoms with Crippen LogP contribution in [0.1, 0.15) is 33.6 Å². The number of nitrogens with zero attached hydrogens (tertiary/aromatic N) is 1. The van der Waals surface area contributed by atoms with Crippen LogP contribution in [0.4, 0.5) is 0 Å². The van der Waals surface area contributed by atoms with Gasteiger partial charge in [-0.3, -0.25) is 4.79 Å². The van der Waals surface area contributed by atoms with Crippen molar-refractivity contribution >= 4 is 23.1 Å². The maximum Gasteiger partial charge on any atom is 0.235 e. The van der Waals surface area contributed by atoms with Crippen molar-refractivity contribution in [3.05, 3.63) is 0 Å². The molecular formula is C11H22N2O2S. The molecule has 0 bridgehead atoms. The van der Waals surface area contributed by atoms with E-state index in [1.807, 2.05) is 6.92 Å². The van der Waals surface area contributed by atoms with E-state index in [1.54, 1.807) is 25.8 Å². The number of carbonyl (C=O) groups excluding carboxylic acids is 1. The van der Waals surface area contributed by atoms with Crippen LogP contribution in [0.25, 0.3) is 0 Å². The lowest BCUT2D eigenvalue weighted by molar-refractivity contribution is -0.136. The molecular weight excluding hydrogens is 224 g/mol. The minimum absolute atomic E-state index is 0.0804. The van der Waals surface area contributed by atoms with E-state index in [-0.39, 0.29) is 10.9 Å². The number of hydrogen-bond acceptors (Lipinski definition) is 3. The highest BCUT2D eigenvalue weighted by Gasteiger charge is 2.36. The zero-order valence-corrected chi connectivity index (χ0v) is 11.3. The minimum atomic E-state index is -0.775. The molecule has 0 spiro atoms. The highest BCUT2D eigenvalue weighted by molar-refractivity contribution is 7.80. The normalized spacial score (nSPS) is 16.3. The molecule has 4 nitrogen and oxygen atoms in total. The summed E-state index contributed by atoms with van der Waals surface area (Å²) in [5, 5.41) is 9.16. The lowest BCUT2D eigenvalue weighted by Crippen LogP contribution is -2.47. The van der Waals surface area contributed by atoms with E-state index in [9.17, 15) is 4.79 Å². The molecule has 94 valence electrons. The number of aliphatic hydroxyl groups excluding tert-OH is 1. The van der Waals surface area contributed by atoms with Gasteiger partial charge in [0, 0.05) is 13.6 Å². The van der Waals surface area contributed by atoms with Crippen LogP contribution in [0, 0.1) is 5.41 Å². The Morgan fingerprint density at radius 2 is 2.12 bits per heavy atom. The average molecular weight is 246 g/mol. The summed E-state index contributed by atoms with van der Waals surface area (Å²) in [6, 6.07) is 0. The summed E-state index contributed by atoms with van der Waals surface area (Å²) < 4.78 is 0. The van der Waals surface area contributed by atoms with Crippen LogP contribution in [0.5, 0.6) is 0 Å². The minimum Gasteiger partial charge on any atom is -0.393 e. The second kappa shape index (κ2) is 6.15. The van der Waals surface area contributed by atoms with Crippen molar-refractivity contribution in [1.82, 2.24) is 4.90 Å². The van der Waals surface area contributed by atoms with Crippen molar-refractivity contribution in [1.29, 1.82) is 0 Å². The summed E-state index contributed by atoms with van der Waals surface area (Å²) in [6.07, 6.45) is 0.729. The monoisotopic (exact) mass is 246 g/mol. The van der Waals surface area contributed by atoms with Crippen molar-refractivity contribution in [2.45, 2.75) is 39.7 Å². The molecule has 0 aliphatic carbocycles. The lowest BCUT2D eigenvalue weighted by atomic mass is 9.86. The molecule has 0 aliphatic rings. The summed E-state index contributed by atoms with van der Waals surface area (Å²) in [7, 11) is 1.71. The number of amides is 1. The summed E-state index contributed by atoms with van der Waals surface area (Å²) >= 11 is 4.94. The van der Waals surface area contributed by atoms with Gasteiger partial charge < -0.3 is 15.7 Å². The van der Waals surface area contributed by atoms with Gasteiger partial charge in [-0.1, -0.05) is 19.1 Å². The number of carbonyl (C=O) groups is 1. The highest BCUT2D eigenvalue weighted by atomic mass is 32.1. The maximum absolute atomic E-state index is 12.1. The topological polar surface area (TPSA) is 66.6 Å². The predicted octanol–water partition coefficient (Wildman–Crippen LogP) is 0.918. The van der Waals surface area contributed by atoms with Crippen molar-refractivity contribution < 1.29 is 9.90 Å². The molecule has 2 unspecified atom stereocenters. The zero-order valence-electron chi connectivity index (χ0n) is 10.5. The fourth-order valence-corrected chi connectivity index (χ4v) is 1.57. The average Bonchev–Trinajstić information content (AvgIpc) is 2.23. The molecule has 0 fully saturated rings. The third kappa shape index (κ3) is 3.72. The van der Waals surface area contributed by atoms with Gasteiger partial charge in [0.1, 0.15) is 0 Å². The molecule has 0 radical (unpaired) electrons. The largest absolute Gasteiger partial charge is 0.393 e. The predicted molar refractivity (Wildman–Crippen MR) is 69.1 cm³/mol. The fraction of sp³-hybridized carbons (Fsp3) is 0.818. The molecule has 0 aromatic rings. The Bertz CT molecular complexity index is 269. The summed E-state index contributed by atoms with van der Waals surface area (Å²) in [5.74, 6) is -0.0804. The molecule has 2 atom stereocenters.